The van der Waals surface area contributed by atoms with Crippen LogP contribution in [0.15, 0.2) is 29.3 Å². The van der Waals surface area contributed by atoms with Crippen molar-refractivity contribution in [3.8, 4) is 0 Å². The highest BCUT2D eigenvalue weighted by Crippen LogP contribution is 2.20. The predicted molar refractivity (Wildman–Crippen MR) is 136 cm³/mol. The number of piperazine rings is 1. The SMILES string of the molecule is CC(C)(C)OC(=O)N1CCN(C(N)=NCc2ccc(N3CCSCC3)cc2)CC1.I. The van der Waals surface area contributed by atoms with Crippen molar-refractivity contribution in [2.45, 2.75) is 32.9 Å². The molecule has 0 unspecified atom stereocenters. The molecule has 9 heteroatoms. The molecule has 1 aromatic carbocycles. The Morgan fingerprint density at radius 1 is 1.03 bits per heavy atom. The highest BCUT2D eigenvalue weighted by atomic mass is 127. The number of rotatable bonds is 3. The van der Waals surface area contributed by atoms with Gasteiger partial charge in [0.2, 0.25) is 0 Å². The van der Waals surface area contributed by atoms with Crippen LogP contribution in [0.4, 0.5) is 10.5 Å². The summed E-state index contributed by atoms with van der Waals surface area (Å²) in [4.78, 5) is 22.9. The summed E-state index contributed by atoms with van der Waals surface area (Å²) in [5, 5.41) is 0. The first-order chi connectivity index (χ1) is 13.8. The first-order valence-corrected chi connectivity index (χ1v) is 11.4. The van der Waals surface area contributed by atoms with E-state index in [1.54, 1.807) is 4.90 Å². The Hall–Kier alpha value is -1.36. The summed E-state index contributed by atoms with van der Waals surface area (Å²) in [6.07, 6.45) is -0.264. The number of carbonyl (C=O) groups excluding carboxylic acids is 1. The van der Waals surface area contributed by atoms with Gasteiger partial charge >= 0.3 is 6.09 Å². The van der Waals surface area contributed by atoms with Gasteiger partial charge in [0.25, 0.3) is 0 Å². The number of amides is 1. The lowest BCUT2D eigenvalue weighted by Crippen LogP contribution is -2.53. The van der Waals surface area contributed by atoms with Crippen LogP contribution in [-0.4, -0.2) is 78.2 Å². The van der Waals surface area contributed by atoms with Crippen LogP contribution in [0.2, 0.25) is 0 Å². The highest BCUT2D eigenvalue weighted by Gasteiger charge is 2.26. The topological polar surface area (TPSA) is 74.4 Å². The van der Waals surface area contributed by atoms with E-state index in [2.05, 4.69) is 34.2 Å². The molecule has 0 aliphatic carbocycles. The molecule has 3 rings (SSSR count). The molecule has 0 aromatic heterocycles. The summed E-state index contributed by atoms with van der Waals surface area (Å²) in [6, 6.07) is 8.62. The average Bonchev–Trinajstić information content (AvgIpc) is 2.72. The van der Waals surface area contributed by atoms with Crippen LogP contribution in [0, 0.1) is 0 Å². The third-order valence-corrected chi connectivity index (χ3v) is 5.93. The lowest BCUT2D eigenvalue weighted by Gasteiger charge is -2.36. The number of hydrogen-bond acceptors (Lipinski definition) is 5. The molecule has 1 aromatic rings. The van der Waals surface area contributed by atoms with Crippen LogP contribution in [-0.2, 0) is 11.3 Å². The zero-order chi connectivity index (χ0) is 20.9. The van der Waals surface area contributed by atoms with Gasteiger partial charge < -0.3 is 25.2 Å². The normalized spacial score (nSPS) is 18.1. The van der Waals surface area contributed by atoms with Crippen molar-refractivity contribution in [2.75, 3.05) is 55.7 Å². The van der Waals surface area contributed by atoms with Crippen LogP contribution in [0.25, 0.3) is 0 Å². The van der Waals surface area contributed by atoms with Crippen molar-refractivity contribution in [3.63, 3.8) is 0 Å². The smallest absolute Gasteiger partial charge is 0.410 e. The van der Waals surface area contributed by atoms with E-state index in [1.165, 1.54) is 17.2 Å². The number of halogens is 1. The van der Waals surface area contributed by atoms with E-state index >= 15 is 0 Å². The molecule has 0 radical (unpaired) electrons. The predicted octanol–water partition coefficient (Wildman–Crippen LogP) is 3.23. The second-order valence-electron chi connectivity index (χ2n) is 8.39. The summed E-state index contributed by atoms with van der Waals surface area (Å²) >= 11 is 2.02. The lowest BCUT2D eigenvalue weighted by atomic mass is 10.2. The third kappa shape index (κ3) is 7.40. The summed E-state index contributed by atoms with van der Waals surface area (Å²) in [7, 11) is 0. The zero-order valence-electron chi connectivity index (χ0n) is 18.2. The number of nitrogens with zero attached hydrogens (tertiary/aromatic N) is 4. The molecule has 168 valence electrons. The number of hydrogen-bond donors (Lipinski definition) is 1. The van der Waals surface area contributed by atoms with E-state index in [-0.39, 0.29) is 30.1 Å². The number of carbonyl (C=O) groups is 1. The van der Waals surface area contributed by atoms with Crippen LogP contribution in [0.1, 0.15) is 26.3 Å². The number of anilines is 1. The number of nitrogens with two attached hydrogens (primary N) is 1. The molecule has 0 saturated carbocycles. The second-order valence-corrected chi connectivity index (χ2v) is 9.62. The molecule has 0 bridgehead atoms. The maximum absolute atomic E-state index is 12.2. The Bertz CT molecular complexity index is 709. The monoisotopic (exact) mass is 547 g/mol. The van der Waals surface area contributed by atoms with Crippen LogP contribution in [0.3, 0.4) is 0 Å². The number of thioether (sulfide) groups is 1. The van der Waals surface area contributed by atoms with E-state index in [0.717, 1.165) is 18.7 Å². The summed E-state index contributed by atoms with van der Waals surface area (Å²) in [5.74, 6) is 2.93. The first-order valence-electron chi connectivity index (χ1n) is 10.3. The maximum atomic E-state index is 12.2. The Labute approximate surface area is 201 Å². The quantitative estimate of drug-likeness (QED) is 0.356. The number of benzene rings is 1. The number of ether oxygens (including phenoxy) is 1. The minimum Gasteiger partial charge on any atom is -0.444 e. The van der Waals surface area contributed by atoms with Gasteiger partial charge in [-0.1, -0.05) is 12.1 Å². The minimum absolute atomic E-state index is 0. The molecule has 0 spiro atoms. The van der Waals surface area contributed by atoms with Crippen LogP contribution in [0.5, 0.6) is 0 Å². The number of aliphatic imine (C=N–C) groups is 1. The van der Waals surface area contributed by atoms with E-state index in [0.29, 0.717) is 38.7 Å². The molecule has 7 nitrogen and oxygen atoms in total. The Morgan fingerprint density at radius 2 is 1.60 bits per heavy atom. The van der Waals surface area contributed by atoms with Gasteiger partial charge in [0.05, 0.1) is 6.54 Å². The van der Waals surface area contributed by atoms with E-state index in [4.69, 9.17) is 10.5 Å². The summed E-state index contributed by atoms with van der Waals surface area (Å²) in [5.41, 5.74) is 8.15. The van der Waals surface area contributed by atoms with Gasteiger partial charge in [0.1, 0.15) is 5.60 Å². The van der Waals surface area contributed by atoms with Gasteiger partial charge in [-0.3, -0.25) is 0 Å². The van der Waals surface area contributed by atoms with Crippen molar-refractivity contribution in [2.24, 2.45) is 10.7 Å². The standard InChI is InChI=1S/C21H33N5O2S.HI/c1-21(2,3)28-20(27)26-10-8-25(9-11-26)19(22)23-16-17-4-6-18(7-5-17)24-12-14-29-15-13-24;/h4-7H,8-16H2,1-3H3,(H2,22,23);1H. The third-order valence-electron chi connectivity index (χ3n) is 4.99. The van der Waals surface area contributed by atoms with Gasteiger partial charge in [-0.25, -0.2) is 9.79 Å². The fourth-order valence-electron chi connectivity index (χ4n) is 3.35. The van der Waals surface area contributed by atoms with E-state index < -0.39 is 5.60 Å². The number of guanidine groups is 1. The molecular formula is C21H34IN5O2S. The first kappa shape index (κ1) is 24.9. The highest BCUT2D eigenvalue weighted by molar-refractivity contribution is 14.0. The Kier molecular flexibility index (Phi) is 9.39. The fourth-order valence-corrected chi connectivity index (χ4v) is 4.25. The maximum Gasteiger partial charge on any atom is 0.410 e. The largest absolute Gasteiger partial charge is 0.444 e. The van der Waals surface area contributed by atoms with E-state index in [9.17, 15) is 4.79 Å². The van der Waals surface area contributed by atoms with Gasteiger partial charge in [0.15, 0.2) is 5.96 Å². The molecule has 1 amide bonds. The summed E-state index contributed by atoms with van der Waals surface area (Å²) < 4.78 is 5.43. The Morgan fingerprint density at radius 3 is 2.17 bits per heavy atom. The molecule has 2 fully saturated rings. The van der Waals surface area contributed by atoms with Crippen molar-refractivity contribution < 1.29 is 9.53 Å². The van der Waals surface area contributed by atoms with Crippen molar-refractivity contribution in [3.05, 3.63) is 29.8 Å². The molecule has 2 N–H and O–H groups in total. The zero-order valence-corrected chi connectivity index (χ0v) is 21.3. The molecule has 30 heavy (non-hydrogen) atoms. The van der Waals surface area contributed by atoms with Crippen LogP contribution < -0.4 is 10.6 Å². The molecule has 2 saturated heterocycles. The van der Waals surface area contributed by atoms with Crippen molar-refractivity contribution in [1.29, 1.82) is 0 Å². The van der Waals surface area contributed by atoms with Crippen LogP contribution >= 0.6 is 35.7 Å². The Balaban J connectivity index is 0.00000320. The van der Waals surface area contributed by atoms with E-state index in [1.807, 2.05) is 37.4 Å². The second kappa shape index (κ2) is 11.3. The van der Waals surface area contributed by atoms with Gasteiger partial charge in [0, 0.05) is 56.5 Å². The van der Waals surface area contributed by atoms with Crippen molar-refractivity contribution in [1.82, 2.24) is 9.80 Å². The molecule has 2 aliphatic rings. The molecule has 0 atom stereocenters. The van der Waals surface area contributed by atoms with Crippen molar-refractivity contribution >= 4 is 53.5 Å². The average molecular weight is 548 g/mol. The van der Waals surface area contributed by atoms with Gasteiger partial charge in [-0.2, -0.15) is 11.8 Å². The molecule has 2 aliphatic heterocycles. The van der Waals surface area contributed by atoms with Gasteiger partial charge in [-0.05, 0) is 38.5 Å². The molecule has 2 heterocycles. The lowest BCUT2D eigenvalue weighted by molar-refractivity contribution is 0.0186. The molecular weight excluding hydrogens is 513 g/mol. The fraction of sp³-hybridized carbons (Fsp3) is 0.619. The van der Waals surface area contributed by atoms with Gasteiger partial charge in [-0.15, -0.1) is 24.0 Å². The summed E-state index contributed by atoms with van der Waals surface area (Å²) in [6.45, 7) is 10.9. The minimum atomic E-state index is -0.475.